The van der Waals surface area contributed by atoms with Crippen LogP contribution in [0.2, 0.25) is 0 Å². The van der Waals surface area contributed by atoms with Crippen LogP contribution in [0.15, 0.2) is 330 Å². The van der Waals surface area contributed by atoms with E-state index in [0.717, 1.165) is 55.7 Å². The fourth-order valence-electron chi connectivity index (χ4n) is 17.4. The molecule has 0 fully saturated rings. The molecule has 1 aliphatic carbocycles. The number of hydrogen-bond donors (Lipinski definition) is 0. The van der Waals surface area contributed by atoms with Crippen molar-refractivity contribution in [3.63, 3.8) is 0 Å². The fourth-order valence-corrected chi connectivity index (χ4v) is 17.4. The van der Waals surface area contributed by atoms with E-state index in [9.17, 15) is 0 Å². The van der Waals surface area contributed by atoms with Crippen LogP contribution in [-0.4, -0.2) is 0 Å². The van der Waals surface area contributed by atoms with Crippen LogP contribution in [0, 0.1) is 0 Å². The van der Waals surface area contributed by atoms with Crippen LogP contribution in [-0.2, 0) is 11.8 Å². The molecule has 1 aliphatic rings. The van der Waals surface area contributed by atoms with Crippen molar-refractivity contribution in [2.45, 2.75) is 18.8 Å². The molecule has 450 valence electrons. The van der Waals surface area contributed by atoms with E-state index in [1.54, 1.807) is 0 Å². The molecule has 0 N–H and O–H groups in total. The molecule has 0 saturated heterocycles. The number of benzene rings is 18. The molecule has 1 atom stereocenters. The minimum Gasteiger partial charge on any atom is -0.456 e. The van der Waals surface area contributed by atoms with E-state index in [2.05, 4.69) is 328 Å². The molecule has 0 radical (unpaired) electrons. The molecule has 18 aromatic carbocycles. The summed E-state index contributed by atoms with van der Waals surface area (Å²) in [5, 5.41) is 24.1. The van der Waals surface area contributed by atoms with Gasteiger partial charge in [0.1, 0.15) is 22.3 Å². The molecular weight excluding hydrogens is 1170 g/mol. The van der Waals surface area contributed by atoms with Crippen LogP contribution in [0.25, 0.3) is 197 Å². The first-order valence-corrected chi connectivity index (χ1v) is 33.8. The highest BCUT2D eigenvalue weighted by molar-refractivity contribution is 6.27. The fraction of sp³-hybridized carbons (Fsp3) is 0.0316. The Balaban J connectivity index is 0.636. The SMILES string of the molecule is CC1(Cc2ccc3c(ccc4c5cc(-c6c7ccccc7c(-c7cccc8c7ccc7ccccc78)c7ccccc67)ccc5oc34)c2)c2ccccc2-c2ccc(-c3cccc(-c4c5ccccc5c(-c5ccc6oc7cc8ccccc8cc7c6c5)c5ccccc45)c3)cc21. The Kier molecular flexibility index (Phi) is 11.5. The quantitative estimate of drug-likeness (QED) is 0.117. The molecule has 2 heterocycles. The third kappa shape index (κ3) is 8.02. The van der Waals surface area contributed by atoms with Gasteiger partial charge >= 0.3 is 0 Å². The minimum atomic E-state index is -0.300. The van der Waals surface area contributed by atoms with Crippen LogP contribution >= 0.6 is 0 Å². The van der Waals surface area contributed by atoms with E-state index >= 15 is 0 Å². The number of furan rings is 2. The van der Waals surface area contributed by atoms with Gasteiger partial charge < -0.3 is 8.83 Å². The highest BCUT2D eigenvalue weighted by atomic mass is 16.3. The van der Waals surface area contributed by atoms with Gasteiger partial charge in [-0.1, -0.05) is 274 Å². The summed E-state index contributed by atoms with van der Waals surface area (Å²) >= 11 is 0. The zero-order chi connectivity index (χ0) is 63.6. The molecule has 2 heteroatoms. The van der Waals surface area contributed by atoms with Gasteiger partial charge in [-0.2, -0.15) is 0 Å². The van der Waals surface area contributed by atoms with Crippen LogP contribution in [0.4, 0.5) is 0 Å². The molecule has 2 aromatic heterocycles. The lowest BCUT2D eigenvalue weighted by atomic mass is 9.74. The van der Waals surface area contributed by atoms with Gasteiger partial charge in [0.2, 0.25) is 0 Å². The molecule has 0 saturated carbocycles. The van der Waals surface area contributed by atoms with Crippen molar-refractivity contribution in [3.05, 3.63) is 338 Å². The highest BCUT2D eigenvalue weighted by Crippen LogP contribution is 2.54. The van der Waals surface area contributed by atoms with E-state index in [4.69, 9.17) is 8.83 Å². The van der Waals surface area contributed by atoms with Crippen molar-refractivity contribution in [2.24, 2.45) is 0 Å². The van der Waals surface area contributed by atoms with E-state index in [-0.39, 0.29) is 5.41 Å². The molecule has 0 amide bonds. The summed E-state index contributed by atoms with van der Waals surface area (Å²) in [5.41, 5.74) is 22.1. The Bertz CT molecular complexity index is 6700. The molecule has 2 nitrogen and oxygen atoms in total. The van der Waals surface area contributed by atoms with Crippen molar-refractivity contribution < 1.29 is 8.83 Å². The first-order valence-electron chi connectivity index (χ1n) is 33.8. The highest BCUT2D eigenvalue weighted by Gasteiger charge is 2.40. The minimum absolute atomic E-state index is 0.300. The van der Waals surface area contributed by atoms with Gasteiger partial charge in [-0.25, -0.2) is 0 Å². The van der Waals surface area contributed by atoms with Crippen molar-refractivity contribution >= 4 is 130 Å². The maximum absolute atomic E-state index is 6.95. The average molecular weight is 1230 g/mol. The molecule has 0 spiro atoms. The van der Waals surface area contributed by atoms with E-state index in [1.807, 2.05) is 0 Å². The summed E-state index contributed by atoms with van der Waals surface area (Å²) in [5.74, 6) is 0. The Hall–Kier alpha value is -12.4. The summed E-state index contributed by atoms with van der Waals surface area (Å²) < 4.78 is 13.5. The summed E-state index contributed by atoms with van der Waals surface area (Å²) in [7, 11) is 0. The van der Waals surface area contributed by atoms with Gasteiger partial charge in [-0.3, -0.25) is 0 Å². The smallest absolute Gasteiger partial charge is 0.143 e. The van der Waals surface area contributed by atoms with E-state index in [0.29, 0.717) is 0 Å². The lowest BCUT2D eigenvalue weighted by Crippen LogP contribution is -2.24. The van der Waals surface area contributed by atoms with Crippen molar-refractivity contribution in [1.82, 2.24) is 0 Å². The Morgan fingerprint density at radius 3 is 1.37 bits per heavy atom. The van der Waals surface area contributed by atoms with Crippen LogP contribution < -0.4 is 0 Å². The zero-order valence-electron chi connectivity index (χ0n) is 53.1. The van der Waals surface area contributed by atoms with Gasteiger partial charge in [0, 0.05) is 32.3 Å². The molecule has 20 aromatic rings. The number of rotatable bonds is 7. The Morgan fingerprint density at radius 1 is 0.227 bits per heavy atom. The van der Waals surface area contributed by atoms with Crippen molar-refractivity contribution in [1.29, 1.82) is 0 Å². The second-order valence-corrected chi connectivity index (χ2v) is 27.1. The lowest BCUT2D eigenvalue weighted by molar-refractivity contribution is 0.583. The van der Waals surface area contributed by atoms with Crippen LogP contribution in [0.5, 0.6) is 0 Å². The second-order valence-electron chi connectivity index (χ2n) is 27.1. The standard InChI is InChI=1S/C95H58O2/c1-95(55-56-36-42-67-62(48-56)39-45-81-82-51-64(41-47-88(82)97-94(67)81)92-77-29-10-12-31-79(77)93(80-32-13-11-30-78(80)92)72-34-17-33-68-66-23-5-4-18-57(66)37-43-69(68)72)85-35-15-14-24-70(85)71-44-38-61(53-86(71)95)58-21-16-22-63(49-58)90-73-25-6-8-27-75(73)91(76-28-9-7-26-74(76)90)65-40-46-87-83(52-65)84-50-59-19-2-3-20-60(59)54-89(84)96-87/h2-54H,55H2,1H3. The second kappa shape index (κ2) is 20.6. The summed E-state index contributed by atoms with van der Waals surface area (Å²) in [4.78, 5) is 0. The van der Waals surface area contributed by atoms with Gasteiger partial charge in [0.25, 0.3) is 0 Å². The first-order chi connectivity index (χ1) is 47.9. The van der Waals surface area contributed by atoms with Gasteiger partial charge in [0.05, 0.1) is 0 Å². The van der Waals surface area contributed by atoms with E-state index < -0.39 is 0 Å². The van der Waals surface area contributed by atoms with Gasteiger partial charge in [-0.15, -0.1) is 0 Å². The summed E-state index contributed by atoms with van der Waals surface area (Å²) in [6.45, 7) is 2.46. The lowest BCUT2D eigenvalue weighted by Gasteiger charge is -2.28. The van der Waals surface area contributed by atoms with Gasteiger partial charge in [-0.05, 0) is 225 Å². The maximum atomic E-state index is 6.95. The van der Waals surface area contributed by atoms with Crippen molar-refractivity contribution in [2.75, 3.05) is 0 Å². The normalized spacial score (nSPS) is 13.9. The molecule has 0 bridgehead atoms. The maximum Gasteiger partial charge on any atom is 0.143 e. The molecule has 97 heavy (non-hydrogen) atoms. The third-order valence-corrected chi connectivity index (χ3v) is 21.8. The Morgan fingerprint density at radius 2 is 0.691 bits per heavy atom. The average Bonchev–Trinajstić information content (AvgIpc) is 1.66. The largest absolute Gasteiger partial charge is 0.456 e. The predicted molar refractivity (Wildman–Crippen MR) is 410 cm³/mol. The Labute approximate surface area is 559 Å². The first kappa shape index (κ1) is 54.1. The molecule has 1 unspecified atom stereocenters. The zero-order valence-corrected chi connectivity index (χ0v) is 53.1. The number of hydrogen-bond acceptors (Lipinski definition) is 2. The van der Waals surface area contributed by atoms with Crippen LogP contribution in [0.3, 0.4) is 0 Å². The summed E-state index contributed by atoms with van der Waals surface area (Å²) in [6, 6.07) is 120. The predicted octanol–water partition coefficient (Wildman–Crippen LogP) is 26.6. The molecule has 0 aliphatic heterocycles. The van der Waals surface area contributed by atoms with Gasteiger partial charge in [0.15, 0.2) is 0 Å². The number of fused-ring (bicyclic) bond motifs is 19. The van der Waals surface area contributed by atoms with Crippen molar-refractivity contribution in [3.8, 4) is 66.8 Å². The summed E-state index contributed by atoms with van der Waals surface area (Å²) in [6.07, 6.45) is 0.834. The third-order valence-electron chi connectivity index (χ3n) is 21.8. The van der Waals surface area contributed by atoms with Crippen LogP contribution in [0.1, 0.15) is 23.6 Å². The molecular formula is C95H58O2. The topological polar surface area (TPSA) is 26.3 Å². The van der Waals surface area contributed by atoms with E-state index in [1.165, 1.54) is 164 Å². The molecule has 21 rings (SSSR count). The monoisotopic (exact) mass is 1230 g/mol.